The molecule has 144 valence electrons. The fourth-order valence-electron chi connectivity index (χ4n) is 2.56. The predicted octanol–water partition coefficient (Wildman–Crippen LogP) is 3.93. The van der Waals surface area contributed by atoms with Crippen molar-refractivity contribution >= 4 is 17.7 Å². The van der Waals surface area contributed by atoms with Crippen LogP contribution in [0.3, 0.4) is 0 Å². The van der Waals surface area contributed by atoms with Crippen LogP contribution in [0.2, 0.25) is 0 Å². The van der Waals surface area contributed by atoms with Crippen molar-refractivity contribution < 1.29 is 18.8 Å². The molecule has 0 spiro atoms. The van der Waals surface area contributed by atoms with Crippen LogP contribution < -0.4 is 14.8 Å². The fraction of sp³-hybridized carbons (Fsp3) is 0.190. The number of carbonyl (C=O) groups is 1. The molecular formula is C21H21N3O4. The van der Waals surface area contributed by atoms with Gasteiger partial charge in [0, 0.05) is 12.3 Å². The number of ether oxygens (including phenoxy) is 2. The van der Waals surface area contributed by atoms with Gasteiger partial charge in [-0.05, 0) is 49.8 Å². The first-order chi connectivity index (χ1) is 13.6. The van der Waals surface area contributed by atoms with Crippen molar-refractivity contribution in [2.75, 3.05) is 12.4 Å². The number of benzene rings is 1. The number of hydrogen-bond acceptors (Lipinski definition) is 6. The molecule has 1 amide bonds. The third kappa shape index (κ3) is 4.76. The number of aromatic nitrogens is 2. The molecule has 0 aliphatic carbocycles. The Balaban J connectivity index is 1.66. The highest BCUT2D eigenvalue weighted by Gasteiger charge is 2.12. The third-order valence-corrected chi connectivity index (χ3v) is 4.10. The van der Waals surface area contributed by atoms with Gasteiger partial charge in [0.15, 0.2) is 11.5 Å². The summed E-state index contributed by atoms with van der Waals surface area (Å²) in [6, 6.07) is 8.98. The van der Waals surface area contributed by atoms with Gasteiger partial charge in [-0.3, -0.25) is 9.78 Å². The second kappa shape index (κ2) is 8.85. The number of anilines is 1. The normalized spacial score (nSPS) is 10.8. The van der Waals surface area contributed by atoms with Crippen molar-refractivity contribution in [3.8, 4) is 11.5 Å². The zero-order valence-corrected chi connectivity index (χ0v) is 15.9. The zero-order valence-electron chi connectivity index (χ0n) is 15.9. The Morgan fingerprint density at radius 3 is 2.79 bits per heavy atom. The first-order valence-corrected chi connectivity index (χ1v) is 8.68. The Bertz CT molecular complexity index is 961. The van der Waals surface area contributed by atoms with Gasteiger partial charge in [0.2, 0.25) is 5.91 Å². The van der Waals surface area contributed by atoms with Crippen LogP contribution in [0.15, 0.2) is 53.3 Å². The number of nitrogens with one attached hydrogen (secondary N) is 1. The molecular weight excluding hydrogens is 358 g/mol. The first-order valence-electron chi connectivity index (χ1n) is 8.68. The lowest BCUT2D eigenvalue weighted by Gasteiger charge is -2.11. The number of methoxy groups -OCH3 is 1. The number of aryl methyl sites for hydroxylation is 2. The van der Waals surface area contributed by atoms with Crippen LogP contribution >= 0.6 is 0 Å². The summed E-state index contributed by atoms with van der Waals surface area (Å²) in [5.41, 5.74) is 3.16. The Morgan fingerprint density at radius 1 is 1.25 bits per heavy atom. The molecule has 0 atom stereocenters. The summed E-state index contributed by atoms with van der Waals surface area (Å²) < 4.78 is 16.4. The molecule has 0 unspecified atom stereocenters. The minimum Gasteiger partial charge on any atom is -0.493 e. The molecule has 1 N–H and O–H groups in total. The van der Waals surface area contributed by atoms with Gasteiger partial charge in [0.1, 0.15) is 12.4 Å². The van der Waals surface area contributed by atoms with Crippen molar-refractivity contribution in [1.82, 2.24) is 10.1 Å². The van der Waals surface area contributed by atoms with Crippen molar-refractivity contribution in [1.29, 1.82) is 0 Å². The van der Waals surface area contributed by atoms with Crippen LogP contribution in [0.4, 0.5) is 5.69 Å². The molecule has 3 rings (SSSR count). The SMILES string of the molecule is COc1cc(/C=C/C(=O)Nc2cccnc2)ccc1OCc1c(C)noc1C. The number of nitrogens with zero attached hydrogens (tertiary/aromatic N) is 2. The highest BCUT2D eigenvalue weighted by Crippen LogP contribution is 2.30. The van der Waals surface area contributed by atoms with Crippen molar-refractivity contribution in [2.24, 2.45) is 0 Å². The second-order valence-corrected chi connectivity index (χ2v) is 6.07. The van der Waals surface area contributed by atoms with E-state index in [1.165, 1.54) is 6.08 Å². The van der Waals surface area contributed by atoms with Crippen molar-refractivity contribution in [2.45, 2.75) is 20.5 Å². The average molecular weight is 379 g/mol. The molecule has 2 aromatic heterocycles. The van der Waals surface area contributed by atoms with Crippen molar-refractivity contribution in [3.63, 3.8) is 0 Å². The minimum absolute atomic E-state index is 0.245. The van der Waals surface area contributed by atoms with Gasteiger partial charge in [-0.25, -0.2) is 0 Å². The van der Waals surface area contributed by atoms with Crippen molar-refractivity contribution in [3.05, 3.63) is 71.4 Å². The van der Waals surface area contributed by atoms with Crippen LogP contribution in [0, 0.1) is 13.8 Å². The minimum atomic E-state index is -0.245. The maximum absolute atomic E-state index is 12.0. The van der Waals surface area contributed by atoms with Gasteiger partial charge in [-0.15, -0.1) is 0 Å². The molecule has 3 aromatic rings. The molecule has 1 aromatic carbocycles. The number of rotatable bonds is 7. The first kappa shape index (κ1) is 19.2. The summed E-state index contributed by atoms with van der Waals surface area (Å²) in [5, 5.41) is 6.66. The fourth-order valence-corrected chi connectivity index (χ4v) is 2.56. The van der Waals surface area contributed by atoms with Crippen LogP contribution in [-0.2, 0) is 11.4 Å². The second-order valence-electron chi connectivity index (χ2n) is 6.07. The van der Waals surface area contributed by atoms with Gasteiger partial charge in [-0.1, -0.05) is 11.2 Å². The highest BCUT2D eigenvalue weighted by molar-refractivity contribution is 6.01. The molecule has 7 nitrogen and oxygen atoms in total. The zero-order chi connectivity index (χ0) is 19.9. The Morgan fingerprint density at radius 2 is 2.11 bits per heavy atom. The quantitative estimate of drug-likeness (QED) is 0.626. The van der Waals surface area contributed by atoms with Crippen LogP contribution in [0.1, 0.15) is 22.6 Å². The smallest absolute Gasteiger partial charge is 0.248 e. The van der Waals surface area contributed by atoms with E-state index in [1.807, 2.05) is 19.9 Å². The molecule has 2 heterocycles. The Kier molecular flexibility index (Phi) is 6.06. The number of hydrogen-bond donors (Lipinski definition) is 1. The summed E-state index contributed by atoms with van der Waals surface area (Å²) in [6.07, 6.45) is 6.38. The van der Waals surface area contributed by atoms with E-state index in [0.29, 0.717) is 23.8 Å². The van der Waals surface area contributed by atoms with Crippen LogP contribution in [0.5, 0.6) is 11.5 Å². The molecule has 0 aliphatic rings. The monoisotopic (exact) mass is 379 g/mol. The Hall–Kier alpha value is -3.61. The summed E-state index contributed by atoms with van der Waals surface area (Å²) in [6.45, 7) is 4.05. The highest BCUT2D eigenvalue weighted by atomic mass is 16.5. The van der Waals surface area contributed by atoms with Crippen LogP contribution in [-0.4, -0.2) is 23.2 Å². The van der Waals surface area contributed by atoms with E-state index in [0.717, 1.165) is 22.6 Å². The molecule has 0 radical (unpaired) electrons. The van der Waals surface area contributed by atoms with E-state index in [2.05, 4.69) is 15.5 Å². The molecule has 28 heavy (non-hydrogen) atoms. The van der Waals surface area contributed by atoms with Crippen LogP contribution in [0.25, 0.3) is 6.08 Å². The van der Waals surface area contributed by atoms with Gasteiger partial charge in [-0.2, -0.15) is 0 Å². The standard InChI is InChI=1S/C21H21N3O4/c1-14-18(15(2)28-24-14)13-27-19-8-6-16(11-20(19)26-3)7-9-21(25)23-17-5-4-10-22-12-17/h4-12H,13H2,1-3H3,(H,23,25)/b9-7+. The molecule has 0 bridgehead atoms. The lowest BCUT2D eigenvalue weighted by molar-refractivity contribution is -0.111. The lowest BCUT2D eigenvalue weighted by Crippen LogP contribution is -2.07. The van der Waals surface area contributed by atoms with E-state index >= 15 is 0 Å². The van der Waals surface area contributed by atoms with Gasteiger partial charge in [0.05, 0.1) is 30.3 Å². The van der Waals surface area contributed by atoms with Gasteiger partial charge < -0.3 is 19.3 Å². The number of pyridine rings is 1. The van der Waals surface area contributed by atoms with E-state index in [4.69, 9.17) is 14.0 Å². The summed E-state index contributed by atoms with van der Waals surface area (Å²) in [4.78, 5) is 16.0. The van der Waals surface area contributed by atoms with E-state index in [-0.39, 0.29) is 5.91 Å². The summed E-state index contributed by atoms with van der Waals surface area (Å²) >= 11 is 0. The maximum Gasteiger partial charge on any atom is 0.248 e. The molecule has 0 aliphatic heterocycles. The van der Waals surface area contributed by atoms with E-state index in [9.17, 15) is 4.79 Å². The Labute approximate surface area is 163 Å². The predicted molar refractivity (Wildman–Crippen MR) is 105 cm³/mol. The third-order valence-electron chi connectivity index (χ3n) is 4.10. The molecule has 7 heteroatoms. The topological polar surface area (TPSA) is 86.5 Å². The van der Waals surface area contributed by atoms with E-state index in [1.54, 1.807) is 49.8 Å². The lowest BCUT2D eigenvalue weighted by atomic mass is 10.2. The molecule has 0 saturated heterocycles. The maximum atomic E-state index is 12.0. The average Bonchev–Trinajstić information content (AvgIpc) is 3.03. The van der Waals surface area contributed by atoms with E-state index < -0.39 is 0 Å². The summed E-state index contributed by atoms with van der Waals surface area (Å²) in [7, 11) is 1.57. The summed E-state index contributed by atoms with van der Waals surface area (Å²) in [5.74, 6) is 1.65. The van der Waals surface area contributed by atoms with Gasteiger partial charge >= 0.3 is 0 Å². The number of amides is 1. The van der Waals surface area contributed by atoms with Gasteiger partial charge in [0.25, 0.3) is 0 Å². The molecule has 0 fully saturated rings. The molecule has 0 saturated carbocycles. The number of carbonyl (C=O) groups excluding carboxylic acids is 1. The largest absolute Gasteiger partial charge is 0.493 e.